The molecule has 346 valence electrons. The van der Waals surface area contributed by atoms with Crippen molar-refractivity contribution in [3.05, 3.63) is 69.6 Å². The predicted octanol–water partition coefficient (Wildman–Crippen LogP) is 6.12. The average Bonchev–Trinajstić information content (AvgIpc) is 3.96. The number of piperidine rings is 3. The van der Waals surface area contributed by atoms with Crippen LogP contribution in [0.2, 0.25) is 5.02 Å². The molecule has 3 aliphatic heterocycles. The number of aryl methyl sites for hydroxylation is 1. The van der Waals surface area contributed by atoms with Gasteiger partial charge >= 0.3 is 0 Å². The molecule has 3 saturated heterocycles. The van der Waals surface area contributed by atoms with Crippen molar-refractivity contribution in [1.29, 1.82) is 0 Å². The number of amides is 3. The molecular formula is C47H58ClFN10O5S. The highest BCUT2D eigenvalue weighted by atomic mass is 35.5. The Bertz CT molecular complexity index is 2580. The Kier molecular flexibility index (Phi) is 12.8. The molecule has 15 nitrogen and oxygen atoms in total. The van der Waals surface area contributed by atoms with Crippen molar-refractivity contribution < 1.29 is 23.0 Å². The SMILES string of the molecule is Cc1cc(S(=O)N2CCC(CN(C)C3CCN(c4cccc(N(C=O)C5CCC(=O)NC5=O)c4N(C)C)CC3F)CC2)ccc1Nc1ncc2cc(Cl)c(=O)n(C3CCCC34CC4)c2n1. The van der Waals surface area contributed by atoms with Crippen molar-refractivity contribution in [2.24, 2.45) is 11.3 Å². The van der Waals surface area contributed by atoms with E-state index in [0.29, 0.717) is 66.2 Å². The van der Waals surface area contributed by atoms with Gasteiger partial charge in [0.2, 0.25) is 24.2 Å². The van der Waals surface area contributed by atoms with Crippen LogP contribution in [0.3, 0.4) is 0 Å². The van der Waals surface area contributed by atoms with Gasteiger partial charge in [-0.1, -0.05) is 24.1 Å². The van der Waals surface area contributed by atoms with E-state index in [0.717, 1.165) is 73.8 Å². The molecule has 3 amide bonds. The number of pyridine rings is 1. The van der Waals surface area contributed by atoms with E-state index in [4.69, 9.17) is 16.6 Å². The Morgan fingerprint density at radius 2 is 1.80 bits per heavy atom. The number of imide groups is 1. The summed E-state index contributed by atoms with van der Waals surface area (Å²) in [4.78, 5) is 68.0. The molecule has 0 bridgehead atoms. The molecule has 5 heterocycles. The van der Waals surface area contributed by atoms with E-state index in [1.807, 2.05) is 77.1 Å². The maximum Gasteiger partial charge on any atom is 0.271 e. The minimum atomic E-state index is -1.35. The lowest BCUT2D eigenvalue weighted by Gasteiger charge is -2.43. The number of carbonyl (C=O) groups excluding carboxylic acids is 3. The van der Waals surface area contributed by atoms with Crippen LogP contribution in [0, 0.1) is 18.3 Å². The van der Waals surface area contributed by atoms with Crippen molar-refractivity contribution in [3.63, 3.8) is 0 Å². The fraction of sp³-hybridized carbons (Fsp3) is 0.532. The van der Waals surface area contributed by atoms with Gasteiger partial charge in [0.25, 0.3) is 5.56 Å². The van der Waals surface area contributed by atoms with E-state index in [2.05, 4.69) is 20.5 Å². The molecule has 2 saturated carbocycles. The second-order valence-electron chi connectivity index (χ2n) is 18.9. The molecule has 5 unspecified atom stereocenters. The van der Waals surface area contributed by atoms with E-state index >= 15 is 4.39 Å². The second-order valence-corrected chi connectivity index (χ2v) is 20.8. The number of hydrogen-bond acceptors (Lipinski definition) is 11. The molecule has 2 N–H and O–H groups in total. The summed E-state index contributed by atoms with van der Waals surface area (Å²) in [5.74, 6) is -0.149. The number of halogens is 2. The van der Waals surface area contributed by atoms with Gasteiger partial charge in [-0.25, -0.2) is 17.9 Å². The van der Waals surface area contributed by atoms with Gasteiger partial charge in [0.15, 0.2) is 0 Å². The zero-order valence-corrected chi connectivity index (χ0v) is 39.0. The molecular weight excluding hydrogens is 871 g/mol. The summed E-state index contributed by atoms with van der Waals surface area (Å²) in [6.45, 7) is 4.83. The molecule has 1 spiro atoms. The number of anilines is 5. The van der Waals surface area contributed by atoms with Crippen molar-refractivity contribution in [2.75, 3.05) is 73.9 Å². The highest BCUT2D eigenvalue weighted by molar-refractivity contribution is 7.82. The minimum absolute atomic E-state index is 0.0847. The van der Waals surface area contributed by atoms with Crippen LogP contribution in [-0.2, 0) is 25.4 Å². The minimum Gasteiger partial charge on any atom is -0.374 e. The first-order chi connectivity index (χ1) is 31.2. The number of hydrogen-bond donors (Lipinski definition) is 2. The number of fused-ring (bicyclic) bond motifs is 1. The van der Waals surface area contributed by atoms with Crippen LogP contribution in [0.25, 0.3) is 11.0 Å². The Labute approximate surface area is 386 Å². The van der Waals surface area contributed by atoms with Crippen LogP contribution in [0.1, 0.15) is 75.8 Å². The van der Waals surface area contributed by atoms with Gasteiger partial charge in [0.1, 0.15) is 33.9 Å². The molecule has 65 heavy (non-hydrogen) atoms. The Hall–Kier alpha value is -4.97. The predicted molar refractivity (Wildman–Crippen MR) is 252 cm³/mol. The second kappa shape index (κ2) is 18.4. The third kappa shape index (κ3) is 8.88. The maximum atomic E-state index is 16.2. The molecule has 0 radical (unpaired) electrons. The lowest BCUT2D eigenvalue weighted by atomic mass is 9.94. The summed E-state index contributed by atoms with van der Waals surface area (Å²) in [6, 6.07) is 11.9. The number of nitrogens with one attached hydrogen (secondary N) is 2. The van der Waals surface area contributed by atoms with E-state index in [9.17, 15) is 23.4 Å². The summed E-state index contributed by atoms with van der Waals surface area (Å²) >= 11 is 6.43. The van der Waals surface area contributed by atoms with Gasteiger partial charge < -0.3 is 24.9 Å². The Morgan fingerprint density at radius 1 is 1.02 bits per heavy atom. The lowest BCUT2D eigenvalue weighted by molar-refractivity contribution is -0.134. The van der Waals surface area contributed by atoms with Gasteiger partial charge in [-0.05, 0) is 119 Å². The average molecular weight is 930 g/mol. The van der Waals surface area contributed by atoms with Crippen molar-refractivity contribution in [2.45, 2.75) is 100 Å². The summed E-state index contributed by atoms with van der Waals surface area (Å²) in [6.07, 6.45) is 9.29. The normalized spacial score (nSPS) is 24.1. The van der Waals surface area contributed by atoms with Crippen LogP contribution < -0.4 is 30.9 Å². The molecule has 5 atom stereocenters. The first-order valence-corrected chi connectivity index (χ1v) is 24.3. The number of carbonyl (C=O) groups is 3. The molecule has 2 aliphatic carbocycles. The fourth-order valence-electron chi connectivity index (χ4n) is 11.0. The molecule has 2 aromatic carbocycles. The summed E-state index contributed by atoms with van der Waals surface area (Å²) in [5, 5.41) is 6.59. The van der Waals surface area contributed by atoms with Crippen LogP contribution in [0.5, 0.6) is 0 Å². The number of para-hydroxylation sites is 1. The standard InChI is InChI=1S/C47H58ClFN10O5S/c1-29-23-32(10-11-35(29)51-46-50-25-31-24-33(48)45(63)59(43(31)53-46)40-9-6-17-47(40)18-19-47)65(64)57-21-14-30(15-22-57)26-55(4)36-16-20-56(27-34(36)49)37-7-5-8-38(42(37)54(2)3)58(28-60)39-12-13-41(61)52-44(39)62/h5,7-8,10-11,23-25,28,30,34,36,39-40H,6,9,12-22,26-27H2,1-4H3,(H,50,51,53)(H,52,61,62). The molecule has 5 aliphatic rings. The van der Waals surface area contributed by atoms with E-state index in [1.165, 1.54) is 4.90 Å². The number of rotatable bonds is 13. The summed E-state index contributed by atoms with van der Waals surface area (Å²) in [7, 11) is 4.36. The van der Waals surface area contributed by atoms with Crippen LogP contribution in [-0.4, -0.2) is 118 Å². The smallest absolute Gasteiger partial charge is 0.271 e. The highest BCUT2D eigenvalue weighted by Gasteiger charge is 2.53. The molecule has 18 heteroatoms. The zero-order chi connectivity index (χ0) is 45.7. The first-order valence-electron chi connectivity index (χ1n) is 22.8. The van der Waals surface area contributed by atoms with Crippen molar-refractivity contribution in [3.8, 4) is 0 Å². The topological polar surface area (TPSA) is 156 Å². The quantitative estimate of drug-likeness (QED) is 0.118. The summed E-state index contributed by atoms with van der Waals surface area (Å²) < 4.78 is 34.0. The van der Waals surface area contributed by atoms with Crippen LogP contribution in [0.15, 0.2) is 58.4 Å². The molecule has 5 fully saturated rings. The third-order valence-corrected chi connectivity index (χ3v) is 16.3. The largest absolute Gasteiger partial charge is 0.374 e. The molecule has 9 rings (SSSR count). The van der Waals surface area contributed by atoms with Crippen molar-refractivity contribution >= 4 is 80.5 Å². The Morgan fingerprint density at radius 3 is 2.49 bits per heavy atom. The summed E-state index contributed by atoms with van der Waals surface area (Å²) in [5.41, 5.74) is 4.25. The number of alkyl halides is 1. The number of aromatic nitrogens is 3. The van der Waals surface area contributed by atoms with Crippen LogP contribution >= 0.6 is 11.6 Å². The van der Waals surface area contributed by atoms with E-state index < -0.39 is 29.1 Å². The third-order valence-electron chi connectivity index (χ3n) is 14.6. The first kappa shape index (κ1) is 45.2. The van der Waals surface area contributed by atoms with E-state index in [-0.39, 0.29) is 53.4 Å². The van der Waals surface area contributed by atoms with Gasteiger partial charge in [-0.2, -0.15) is 4.98 Å². The lowest BCUT2D eigenvalue weighted by Crippen LogP contribution is -2.53. The zero-order valence-electron chi connectivity index (χ0n) is 37.5. The molecule has 4 aromatic rings. The maximum absolute atomic E-state index is 16.2. The van der Waals surface area contributed by atoms with Gasteiger partial charge in [-0.3, -0.25) is 29.1 Å². The highest BCUT2D eigenvalue weighted by Crippen LogP contribution is 2.63. The fourth-order valence-corrected chi connectivity index (χ4v) is 12.5. The van der Waals surface area contributed by atoms with Crippen molar-refractivity contribution in [1.82, 2.24) is 29.1 Å². The molecule has 2 aromatic heterocycles. The van der Waals surface area contributed by atoms with Gasteiger partial charge in [0.05, 0.1) is 28.5 Å². The number of nitrogens with zero attached hydrogens (tertiary/aromatic N) is 8. The van der Waals surface area contributed by atoms with E-state index in [1.54, 1.807) is 18.3 Å². The Balaban J connectivity index is 0.795. The van der Waals surface area contributed by atoms with Gasteiger partial charge in [-0.15, -0.1) is 0 Å². The monoisotopic (exact) mass is 928 g/mol. The van der Waals surface area contributed by atoms with Gasteiger partial charge in [0, 0.05) is 76.0 Å². The van der Waals surface area contributed by atoms with Crippen LogP contribution in [0.4, 0.5) is 33.1 Å². The number of benzene rings is 2.